The number of anilines is 1. The Bertz CT molecular complexity index is 612. The van der Waals surface area contributed by atoms with E-state index in [4.69, 9.17) is 22.6 Å². The summed E-state index contributed by atoms with van der Waals surface area (Å²) < 4.78 is 24.5. The summed E-state index contributed by atoms with van der Waals surface area (Å²) in [7, 11) is 1.66. The predicted molar refractivity (Wildman–Crippen MR) is 91.4 cm³/mol. The van der Waals surface area contributed by atoms with Gasteiger partial charge < -0.3 is 21.7 Å². The fraction of sp³-hybridized carbons (Fsp3) is 0.500. The highest BCUT2D eigenvalue weighted by molar-refractivity contribution is 7.13. The molecule has 0 aromatic carbocycles. The van der Waals surface area contributed by atoms with Gasteiger partial charge in [0.25, 0.3) is 6.43 Å². The highest BCUT2D eigenvalue weighted by atomic mass is 35.5. The SMILES string of the molecule is CN/C(=N/C#N)NCCCc1csc(N/C(N)=N\C(Cl)C(F)F)n1. The van der Waals surface area contributed by atoms with Crippen molar-refractivity contribution in [3.63, 3.8) is 0 Å². The highest BCUT2D eigenvalue weighted by Gasteiger charge is 2.16. The van der Waals surface area contributed by atoms with Crippen molar-refractivity contribution in [3.05, 3.63) is 11.1 Å². The molecule has 12 heteroatoms. The van der Waals surface area contributed by atoms with E-state index in [0.29, 0.717) is 24.1 Å². The Morgan fingerprint density at radius 2 is 2.33 bits per heavy atom. The maximum absolute atomic E-state index is 12.3. The lowest BCUT2D eigenvalue weighted by Crippen LogP contribution is -2.35. The molecule has 1 heterocycles. The number of hydrogen-bond donors (Lipinski definition) is 4. The van der Waals surface area contributed by atoms with Crippen molar-refractivity contribution in [2.24, 2.45) is 15.7 Å². The summed E-state index contributed by atoms with van der Waals surface area (Å²) in [4.78, 5) is 11.2. The molecule has 0 radical (unpaired) electrons. The molecule has 1 aromatic rings. The molecule has 1 aromatic heterocycles. The summed E-state index contributed by atoms with van der Waals surface area (Å²) in [6, 6.07) is 0. The first-order chi connectivity index (χ1) is 11.5. The van der Waals surface area contributed by atoms with Gasteiger partial charge >= 0.3 is 0 Å². The van der Waals surface area contributed by atoms with Crippen LogP contribution in [0.5, 0.6) is 0 Å². The van der Waals surface area contributed by atoms with E-state index in [2.05, 4.69) is 30.9 Å². The maximum atomic E-state index is 12.3. The van der Waals surface area contributed by atoms with Crippen LogP contribution in [0.1, 0.15) is 12.1 Å². The molecule has 132 valence electrons. The Kier molecular flexibility index (Phi) is 8.74. The third kappa shape index (κ3) is 7.38. The minimum atomic E-state index is -2.79. The minimum Gasteiger partial charge on any atom is -0.370 e. The summed E-state index contributed by atoms with van der Waals surface area (Å²) in [6.07, 6.45) is 0.330. The Hall–Kier alpha value is -2.19. The molecule has 8 nitrogen and oxygen atoms in total. The molecule has 5 N–H and O–H groups in total. The molecule has 0 aliphatic carbocycles. The van der Waals surface area contributed by atoms with Gasteiger partial charge in [-0.1, -0.05) is 11.6 Å². The highest BCUT2D eigenvalue weighted by Crippen LogP contribution is 2.17. The first-order valence-electron chi connectivity index (χ1n) is 6.81. The second-order valence-electron chi connectivity index (χ2n) is 4.33. The first kappa shape index (κ1) is 19.9. The standard InChI is InChI=1S/C12H17ClF2N8S/c1-18-11(20-6-16)19-4-2-3-7-5-24-12(21-7)23-10(17)22-8(13)9(14)15/h5,8-9H,2-4H2,1H3,(H2,18,19,20)(H3,17,21,22,23). The van der Waals surface area contributed by atoms with E-state index in [9.17, 15) is 8.78 Å². The van der Waals surface area contributed by atoms with Crippen LogP contribution in [0.25, 0.3) is 0 Å². The molecule has 1 unspecified atom stereocenters. The number of aryl methyl sites for hydroxylation is 1. The number of nitrogens with two attached hydrogens (primary N) is 1. The van der Waals surface area contributed by atoms with Gasteiger partial charge in [0.2, 0.25) is 12.2 Å². The summed E-state index contributed by atoms with van der Waals surface area (Å²) in [5.41, 5.74) is 4.61. The molecule has 0 saturated carbocycles. The Morgan fingerprint density at radius 1 is 1.58 bits per heavy atom. The molecule has 0 saturated heterocycles. The Morgan fingerprint density at radius 3 is 2.96 bits per heavy atom. The number of alkyl halides is 3. The van der Waals surface area contributed by atoms with Gasteiger partial charge in [-0.2, -0.15) is 5.26 Å². The van der Waals surface area contributed by atoms with Crippen molar-refractivity contribution < 1.29 is 8.78 Å². The number of aliphatic imine (C=N–C) groups is 2. The molecule has 0 aliphatic heterocycles. The van der Waals surface area contributed by atoms with Crippen molar-refractivity contribution >= 4 is 40.0 Å². The van der Waals surface area contributed by atoms with E-state index in [1.54, 1.807) is 13.2 Å². The number of hydrogen-bond acceptors (Lipinski definition) is 5. The lowest BCUT2D eigenvalue weighted by molar-refractivity contribution is 0.145. The molecule has 1 rings (SSSR count). The number of thiazole rings is 1. The molecule has 0 aliphatic rings. The zero-order chi connectivity index (χ0) is 17.9. The average Bonchev–Trinajstić information content (AvgIpc) is 2.97. The predicted octanol–water partition coefficient (Wildman–Crippen LogP) is 1.28. The van der Waals surface area contributed by atoms with Crippen molar-refractivity contribution in [1.82, 2.24) is 15.6 Å². The lowest BCUT2D eigenvalue weighted by atomic mass is 10.2. The molecule has 1 atom stereocenters. The second kappa shape index (κ2) is 10.6. The van der Waals surface area contributed by atoms with Gasteiger partial charge in [-0.3, -0.25) is 0 Å². The van der Waals surface area contributed by atoms with E-state index in [1.807, 2.05) is 5.38 Å². The second-order valence-corrected chi connectivity index (χ2v) is 5.64. The molecule has 0 bridgehead atoms. The monoisotopic (exact) mass is 378 g/mol. The number of nitrogens with zero attached hydrogens (tertiary/aromatic N) is 4. The topological polar surface area (TPSA) is 124 Å². The number of guanidine groups is 2. The number of halogens is 3. The van der Waals surface area contributed by atoms with E-state index in [-0.39, 0.29) is 5.96 Å². The van der Waals surface area contributed by atoms with Crippen LogP contribution in [-0.2, 0) is 6.42 Å². The number of rotatable bonds is 7. The van der Waals surface area contributed by atoms with Crippen LogP contribution in [0.4, 0.5) is 13.9 Å². The van der Waals surface area contributed by atoms with E-state index in [1.165, 1.54) is 11.3 Å². The van der Waals surface area contributed by atoms with Crippen LogP contribution in [-0.4, -0.2) is 42.4 Å². The average molecular weight is 379 g/mol. The molecule has 0 amide bonds. The molecule has 0 fully saturated rings. The van der Waals surface area contributed by atoms with Gasteiger partial charge in [-0.05, 0) is 12.8 Å². The summed E-state index contributed by atoms with van der Waals surface area (Å²) in [5, 5.41) is 19.1. The third-order valence-corrected chi connectivity index (χ3v) is 3.65. The van der Waals surface area contributed by atoms with E-state index in [0.717, 1.165) is 12.1 Å². The lowest BCUT2D eigenvalue weighted by Gasteiger charge is -2.06. The van der Waals surface area contributed by atoms with Crippen molar-refractivity contribution in [3.8, 4) is 6.19 Å². The van der Waals surface area contributed by atoms with Crippen LogP contribution in [0, 0.1) is 11.5 Å². The summed E-state index contributed by atoms with van der Waals surface area (Å²) in [5.74, 6) is 0.182. The van der Waals surface area contributed by atoms with Crippen LogP contribution in [0.2, 0.25) is 0 Å². The van der Waals surface area contributed by atoms with Crippen LogP contribution in [0.15, 0.2) is 15.4 Å². The number of nitrogens with one attached hydrogen (secondary N) is 3. The molecular weight excluding hydrogens is 362 g/mol. The fourth-order valence-electron chi connectivity index (χ4n) is 1.52. The van der Waals surface area contributed by atoms with Gasteiger partial charge in [0.15, 0.2) is 16.6 Å². The number of aromatic nitrogens is 1. The fourth-order valence-corrected chi connectivity index (χ4v) is 2.38. The van der Waals surface area contributed by atoms with E-state index >= 15 is 0 Å². The smallest absolute Gasteiger partial charge is 0.274 e. The quantitative estimate of drug-likeness (QED) is 0.141. The van der Waals surface area contributed by atoms with Gasteiger partial charge in [0, 0.05) is 19.0 Å². The van der Waals surface area contributed by atoms with Gasteiger partial charge in [0.05, 0.1) is 5.69 Å². The van der Waals surface area contributed by atoms with Gasteiger partial charge in [-0.15, -0.1) is 16.3 Å². The maximum Gasteiger partial charge on any atom is 0.274 e. The Labute approximate surface area is 146 Å². The molecule has 0 spiro atoms. The summed E-state index contributed by atoms with van der Waals surface area (Å²) >= 11 is 6.59. The van der Waals surface area contributed by atoms with Crippen LogP contribution >= 0.6 is 22.9 Å². The Balaban J connectivity index is 2.41. The zero-order valence-corrected chi connectivity index (χ0v) is 14.3. The molecular formula is C12H17ClF2N8S. The first-order valence-corrected chi connectivity index (χ1v) is 8.13. The van der Waals surface area contributed by atoms with Crippen LogP contribution < -0.4 is 21.7 Å². The van der Waals surface area contributed by atoms with E-state index < -0.39 is 11.9 Å². The van der Waals surface area contributed by atoms with Crippen LogP contribution in [0.3, 0.4) is 0 Å². The number of nitriles is 1. The van der Waals surface area contributed by atoms with Crippen molar-refractivity contribution in [1.29, 1.82) is 5.26 Å². The van der Waals surface area contributed by atoms with Gasteiger partial charge in [-0.25, -0.2) is 18.8 Å². The minimum absolute atomic E-state index is 0.218. The largest absolute Gasteiger partial charge is 0.370 e. The van der Waals surface area contributed by atoms with Crippen molar-refractivity contribution in [2.45, 2.75) is 24.8 Å². The zero-order valence-electron chi connectivity index (χ0n) is 12.8. The normalized spacial score (nSPS) is 13.5. The molecule has 24 heavy (non-hydrogen) atoms. The van der Waals surface area contributed by atoms with Crippen molar-refractivity contribution in [2.75, 3.05) is 18.9 Å². The third-order valence-electron chi connectivity index (χ3n) is 2.56. The van der Waals surface area contributed by atoms with Gasteiger partial charge in [0.1, 0.15) is 0 Å². The summed E-state index contributed by atoms with van der Waals surface area (Å²) in [6.45, 7) is 0.605.